The molecule has 0 bridgehead atoms. The highest BCUT2D eigenvalue weighted by Gasteiger charge is 2.18. The molecule has 2 nitrogen and oxygen atoms in total. The molecule has 0 radical (unpaired) electrons. The summed E-state index contributed by atoms with van der Waals surface area (Å²) in [5.74, 6) is 1.48. The Hall–Kier alpha value is -1.61. The van der Waals surface area contributed by atoms with Crippen LogP contribution in [-0.2, 0) is 0 Å². The third-order valence-electron chi connectivity index (χ3n) is 3.86. The predicted octanol–water partition coefficient (Wildman–Crippen LogP) is 5.35. The molecule has 0 heterocycles. The van der Waals surface area contributed by atoms with Crippen molar-refractivity contribution >= 4 is 23.1 Å². The first kappa shape index (κ1) is 16.8. The lowest BCUT2D eigenvalue weighted by molar-refractivity contribution is 0.689. The molecule has 0 aliphatic rings. The molecule has 0 saturated carbocycles. The average molecular weight is 314 g/mol. The van der Waals surface area contributed by atoms with Crippen molar-refractivity contribution < 1.29 is 0 Å². The van der Waals surface area contributed by atoms with E-state index in [1.54, 1.807) is 0 Å². The Balaban J connectivity index is 2.50. The number of rotatable bonds is 7. The van der Waals surface area contributed by atoms with Crippen LogP contribution < -0.4 is 11.1 Å². The molecule has 2 aromatic rings. The van der Waals surface area contributed by atoms with Crippen LogP contribution in [0.15, 0.2) is 47.4 Å². The summed E-state index contributed by atoms with van der Waals surface area (Å²) < 4.78 is 0. The molecule has 3 heteroatoms. The van der Waals surface area contributed by atoms with Crippen LogP contribution in [0.1, 0.15) is 43.7 Å². The second-order valence-electron chi connectivity index (χ2n) is 5.45. The number of hydrogen-bond acceptors (Lipinski definition) is 3. The lowest BCUT2D eigenvalue weighted by Crippen LogP contribution is -2.05. The van der Waals surface area contributed by atoms with Crippen molar-refractivity contribution in [2.24, 2.45) is 0 Å². The molecule has 0 saturated heterocycles. The fourth-order valence-corrected chi connectivity index (χ4v) is 3.67. The van der Waals surface area contributed by atoms with E-state index in [1.807, 2.05) is 24.9 Å². The summed E-state index contributed by atoms with van der Waals surface area (Å²) in [6, 6.07) is 15.0. The lowest BCUT2D eigenvalue weighted by atomic mass is 9.87. The average Bonchev–Trinajstić information content (AvgIpc) is 2.53. The van der Waals surface area contributed by atoms with Crippen LogP contribution in [0.3, 0.4) is 0 Å². The van der Waals surface area contributed by atoms with Gasteiger partial charge in [0.1, 0.15) is 0 Å². The van der Waals surface area contributed by atoms with Crippen molar-refractivity contribution in [3.63, 3.8) is 0 Å². The van der Waals surface area contributed by atoms with Gasteiger partial charge in [-0.2, -0.15) is 0 Å². The number of anilines is 2. The minimum absolute atomic E-state index is 0.399. The highest BCUT2D eigenvalue weighted by atomic mass is 32.2. The molecule has 2 aromatic carbocycles. The van der Waals surface area contributed by atoms with E-state index >= 15 is 0 Å². The number of hydrogen-bond donors (Lipinski definition) is 2. The van der Waals surface area contributed by atoms with E-state index in [0.717, 1.165) is 24.3 Å². The van der Waals surface area contributed by atoms with Crippen LogP contribution in [0.2, 0.25) is 0 Å². The van der Waals surface area contributed by atoms with Gasteiger partial charge < -0.3 is 11.1 Å². The molecule has 22 heavy (non-hydrogen) atoms. The summed E-state index contributed by atoms with van der Waals surface area (Å²) in [4.78, 5) is 1.38. The minimum atomic E-state index is 0.399. The Morgan fingerprint density at radius 2 is 1.95 bits per heavy atom. The summed E-state index contributed by atoms with van der Waals surface area (Å²) in [5, 5.41) is 3.26. The highest BCUT2D eigenvalue weighted by Crippen LogP contribution is 2.37. The van der Waals surface area contributed by atoms with E-state index in [0.29, 0.717) is 5.92 Å². The predicted molar refractivity (Wildman–Crippen MR) is 100.0 cm³/mol. The van der Waals surface area contributed by atoms with Gasteiger partial charge in [0.25, 0.3) is 0 Å². The zero-order valence-electron chi connectivity index (χ0n) is 13.7. The van der Waals surface area contributed by atoms with Gasteiger partial charge in [0.2, 0.25) is 0 Å². The van der Waals surface area contributed by atoms with Gasteiger partial charge in [0.05, 0.1) is 0 Å². The molecule has 0 fully saturated rings. The van der Waals surface area contributed by atoms with Gasteiger partial charge in [-0.25, -0.2) is 0 Å². The van der Waals surface area contributed by atoms with Crippen LogP contribution in [-0.4, -0.2) is 12.8 Å². The molecule has 1 unspecified atom stereocenters. The molecule has 0 aliphatic heterocycles. The molecule has 2 rings (SSSR count). The first-order chi connectivity index (χ1) is 10.7. The molecule has 1 atom stereocenters. The zero-order valence-corrected chi connectivity index (χ0v) is 14.5. The van der Waals surface area contributed by atoms with Crippen molar-refractivity contribution in [1.29, 1.82) is 0 Å². The standard InChI is InChI=1S/C19H26N2S/c1-4-7-17(14-8-6-9-15(20)12-14)18-13-16(21-3)10-11-19(18)22-5-2/h6,8-13,17,21H,4-5,7,20H2,1-3H3. The fourth-order valence-electron chi connectivity index (χ4n) is 2.83. The van der Waals surface area contributed by atoms with Gasteiger partial charge >= 0.3 is 0 Å². The SMILES string of the molecule is CCCC(c1cccc(N)c1)c1cc(NC)ccc1SCC. The summed E-state index contributed by atoms with van der Waals surface area (Å²) in [6.07, 6.45) is 2.29. The number of benzene rings is 2. The third kappa shape index (κ3) is 3.98. The van der Waals surface area contributed by atoms with E-state index in [1.165, 1.54) is 21.7 Å². The quantitative estimate of drug-likeness (QED) is 0.534. The second kappa shape index (κ2) is 8.14. The maximum absolute atomic E-state index is 6.01. The summed E-state index contributed by atoms with van der Waals surface area (Å²) in [7, 11) is 1.97. The van der Waals surface area contributed by atoms with Crippen molar-refractivity contribution in [2.75, 3.05) is 23.9 Å². The molecular weight excluding hydrogens is 288 g/mol. The first-order valence-electron chi connectivity index (χ1n) is 7.99. The number of nitrogens with two attached hydrogens (primary N) is 1. The maximum atomic E-state index is 6.01. The van der Waals surface area contributed by atoms with Gasteiger partial charge in [-0.05, 0) is 53.6 Å². The molecule has 0 aromatic heterocycles. The molecule has 118 valence electrons. The molecule has 0 spiro atoms. The maximum Gasteiger partial charge on any atom is 0.0341 e. The third-order valence-corrected chi connectivity index (χ3v) is 4.84. The van der Waals surface area contributed by atoms with Gasteiger partial charge in [-0.3, -0.25) is 0 Å². The number of nitrogen functional groups attached to an aromatic ring is 1. The van der Waals surface area contributed by atoms with E-state index in [-0.39, 0.29) is 0 Å². The zero-order chi connectivity index (χ0) is 15.9. The Morgan fingerprint density at radius 1 is 1.14 bits per heavy atom. The molecular formula is C19H26N2S. The highest BCUT2D eigenvalue weighted by molar-refractivity contribution is 7.99. The van der Waals surface area contributed by atoms with E-state index < -0.39 is 0 Å². The van der Waals surface area contributed by atoms with Crippen LogP contribution in [0.4, 0.5) is 11.4 Å². The number of thioether (sulfide) groups is 1. The van der Waals surface area contributed by atoms with Crippen molar-refractivity contribution in [1.82, 2.24) is 0 Å². The van der Waals surface area contributed by atoms with Gasteiger partial charge in [-0.15, -0.1) is 11.8 Å². The normalized spacial score (nSPS) is 12.1. The topological polar surface area (TPSA) is 38.0 Å². The second-order valence-corrected chi connectivity index (χ2v) is 6.75. The van der Waals surface area contributed by atoms with Crippen LogP contribution in [0, 0.1) is 0 Å². The Kier molecular flexibility index (Phi) is 6.20. The van der Waals surface area contributed by atoms with E-state index in [2.05, 4.69) is 55.6 Å². The lowest BCUT2D eigenvalue weighted by Gasteiger charge is -2.22. The summed E-state index contributed by atoms with van der Waals surface area (Å²) >= 11 is 1.92. The van der Waals surface area contributed by atoms with E-state index in [9.17, 15) is 0 Å². The van der Waals surface area contributed by atoms with Crippen LogP contribution >= 0.6 is 11.8 Å². The van der Waals surface area contributed by atoms with Crippen molar-refractivity contribution in [3.05, 3.63) is 53.6 Å². The molecule has 3 N–H and O–H groups in total. The van der Waals surface area contributed by atoms with Crippen molar-refractivity contribution in [3.8, 4) is 0 Å². The monoisotopic (exact) mass is 314 g/mol. The fraction of sp³-hybridized carbons (Fsp3) is 0.368. The number of nitrogens with one attached hydrogen (secondary N) is 1. The van der Waals surface area contributed by atoms with E-state index in [4.69, 9.17) is 5.73 Å². The van der Waals surface area contributed by atoms with Crippen LogP contribution in [0.25, 0.3) is 0 Å². The van der Waals surface area contributed by atoms with Gasteiger partial charge in [-0.1, -0.05) is 32.4 Å². The van der Waals surface area contributed by atoms with Crippen LogP contribution in [0.5, 0.6) is 0 Å². The smallest absolute Gasteiger partial charge is 0.0341 e. The minimum Gasteiger partial charge on any atom is -0.399 e. The Labute approximate surface area is 138 Å². The van der Waals surface area contributed by atoms with Gasteiger partial charge in [0, 0.05) is 29.2 Å². The summed E-state index contributed by atoms with van der Waals surface area (Å²) in [6.45, 7) is 4.45. The van der Waals surface area contributed by atoms with Crippen molar-refractivity contribution in [2.45, 2.75) is 37.5 Å². The molecule has 0 amide bonds. The largest absolute Gasteiger partial charge is 0.399 e. The summed E-state index contributed by atoms with van der Waals surface area (Å²) in [5.41, 5.74) is 10.7. The first-order valence-corrected chi connectivity index (χ1v) is 8.98. The van der Waals surface area contributed by atoms with Gasteiger partial charge in [0.15, 0.2) is 0 Å². The molecule has 0 aliphatic carbocycles. The Bertz CT molecular complexity index is 610. The Morgan fingerprint density at radius 3 is 2.59 bits per heavy atom.